The lowest BCUT2D eigenvalue weighted by Gasteiger charge is -2.08. The van der Waals surface area contributed by atoms with E-state index in [9.17, 15) is 18.0 Å². The van der Waals surface area contributed by atoms with Crippen LogP contribution in [-0.4, -0.2) is 9.97 Å². The number of nitrogens with zero attached hydrogens (tertiary/aromatic N) is 1. The molecule has 18 heavy (non-hydrogen) atoms. The number of hydrogen-bond donors (Lipinski definition) is 1. The average Bonchev–Trinajstić information content (AvgIpc) is 2.25. The van der Waals surface area contributed by atoms with Gasteiger partial charge in [0.25, 0.3) is 5.56 Å². The molecule has 0 radical (unpaired) electrons. The molecule has 1 aromatic carbocycles. The molecule has 0 unspecified atom stereocenters. The Morgan fingerprint density at radius 3 is 2.50 bits per heavy atom. The van der Waals surface area contributed by atoms with Crippen LogP contribution in [0.25, 0.3) is 11.0 Å². The maximum Gasteiger partial charge on any atom is 0.438 e. The third kappa shape index (κ3) is 2.23. The molecule has 2 aromatic rings. The normalized spacial score (nSPS) is 12.3. The third-order valence-electron chi connectivity index (χ3n) is 2.65. The van der Waals surface area contributed by atoms with E-state index in [1.807, 2.05) is 13.8 Å². The maximum absolute atomic E-state index is 12.5. The van der Waals surface area contributed by atoms with Gasteiger partial charge in [0.05, 0.1) is 11.0 Å². The van der Waals surface area contributed by atoms with Gasteiger partial charge in [0.15, 0.2) is 0 Å². The van der Waals surface area contributed by atoms with Gasteiger partial charge in [0, 0.05) is 0 Å². The predicted octanol–water partition coefficient (Wildman–Crippen LogP) is 3.07. The van der Waals surface area contributed by atoms with Gasteiger partial charge in [0.2, 0.25) is 5.69 Å². The fraction of sp³-hybridized carbons (Fsp3) is 0.333. The summed E-state index contributed by atoms with van der Waals surface area (Å²) in [5.74, 6) is 0.222. The lowest BCUT2D eigenvalue weighted by Crippen LogP contribution is -2.23. The van der Waals surface area contributed by atoms with Crippen LogP contribution in [0.2, 0.25) is 0 Å². The molecule has 3 nitrogen and oxygen atoms in total. The van der Waals surface area contributed by atoms with Crippen molar-refractivity contribution in [2.24, 2.45) is 0 Å². The first-order valence-corrected chi connectivity index (χ1v) is 5.40. The molecule has 96 valence electrons. The summed E-state index contributed by atoms with van der Waals surface area (Å²) in [4.78, 5) is 16.9. The van der Waals surface area contributed by atoms with E-state index in [2.05, 4.69) is 9.97 Å². The molecule has 0 amide bonds. The van der Waals surface area contributed by atoms with Gasteiger partial charge >= 0.3 is 6.18 Å². The maximum atomic E-state index is 12.5. The van der Waals surface area contributed by atoms with Gasteiger partial charge in [-0.05, 0) is 23.6 Å². The number of benzene rings is 1. The van der Waals surface area contributed by atoms with Crippen LogP contribution in [-0.2, 0) is 6.18 Å². The molecule has 1 N–H and O–H groups in total. The summed E-state index contributed by atoms with van der Waals surface area (Å²) in [5.41, 5.74) is -1.24. The van der Waals surface area contributed by atoms with Crippen molar-refractivity contribution < 1.29 is 13.2 Å². The van der Waals surface area contributed by atoms with Crippen molar-refractivity contribution in [3.63, 3.8) is 0 Å². The van der Waals surface area contributed by atoms with Crippen LogP contribution in [0.1, 0.15) is 31.0 Å². The summed E-state index contributed by atoms with van der Waals surface area (Å²) in [7, 11) is 0. The molecule has 2 rings (SSSR count). The van der Waals surface area contributed by atoms with Gasteiger partial charge in [-0.1, -0.05) is 19.9 Å². The second-order valence-corrected chi connectivity index (χ2v) is 4.34. The van der Waals surface area contributed by atoms with E-state index in [0.717, 1.165) is 5.56 Å². The van der Waals surface area contributed by atoms with Crippen LogP contribution in [0, 0.1) is 0 Å². The van der Waals surface area contributed by atoms with Crippen molar-refractivity contribution in [2.45, 2.75) is 25.9 Å². The summed E-state index contributed by atoms with van der Waals surface area (Å²) >= 11 is 0. The van der Waals surface area contributed by atoms with E-state index in [-0.39, 0.29) is 11.4 Å². The van der Waals surface area contributed by atoms with Crippen molar-refractivity contribution in [1.29, 1.82) is 0 Å². The number of aromatic amines is 1. The van der Waals surface area contributed by atoms with Crippen LogP contribution in [0.15, 0.2) is 23.0 Å². The van der Waals surface area contributed by atoms with Gasteiger partial charge in [-0.3, -0.25) is 4.79 Å². The molecule has 1 heterocycles. The van der Waals surface area contributed by atoms with E-state index in [4.69, 9.17) is 0 Å². The Balaban J connectivity index is 2.68. The van der Waals surface area contributed by atoms with Gasteiger partial charge in [-0.2, -0.15) is 13.2 Å². The standard InChI is InChI=1S/C12H11F3N2O/c1-6(2)7-3-4-8-9(5-7)17-11(18)10(16-8)12(13,14)15/h3-6H,1-2H3,(H,17,18). The summed E-state index contributed by atoms with van der Waals surface area (Å²) in [5, 5.41) is 0. The van der Waals surface area contributed by atoms with Crippen molar-refractivity contribution >= 4 is 11.0 Å². The smallest absolute Gasteiger partial charge is 0.319 e. The number of rotatable bonds is 1. The first-order chi connectivity index (χ1) is 8.29. The predicted molar refractivity (Wildman–Crippen MR) is 61.5 cm³/mol. The minimum absolute atomic E-state index is 0.131. The van der Waals surface area contributed by atoms with Crippen LogP contribution < -0.4 is 5.56 Å². The van der Waals surface area contributed by atoms with E-state index >= 15 is 0 Å². The van der Waals surface area contributed by atoms with Gasteiger partial charge in [0.1, 0.15) is 0 Å². The molecular weight excluding hydrogens is 245 g/mol. The summed E-state index contributed by atoms with van der Waals surface area (Å²) in [6.45, 7) is 3.91. The van der Waals surface area contributed by atoms with Gasteiger partial charge in [-0.25, -0.2) is 4.98 Å². The Bertz CT molecular complexity index is 644. The number of fused-ring (bicyclic) bond motifs is 1. The fourth-order valence-corrected chi connectivity index (χ4v) is 1.66. The minimum atomic E-state index is -4.74. The van der Waals surface area contributed by atoms with Crippen LogP contribution in [0.4, 0.5) is 13.2 Å². The van der Waals surface area contributed by atoms with Crippen molar-refractivity contribution in [3.05, 3.63) is 39.8 Å². The highest BCUT2D eigenvalue weighted by Gasteiger charge is 2.36. The molecule has 0 atom stereocenters. The first-order valence-electron chi connectivity index (χ1n) is 5.40. The minimum Gasteiger partial charge on any atom is -0.319 e. The Labute approximate surface area is 101 Å². The van der Waals surface area contributed by atoms with E-state index in [1.54, 1.807) is 12.1 Å². The first kappa shape index (κ1) is 12.6. The Morgan fingerprint density at radius 2 is 1.94 bits per heavy atom. The van der Waals surface area contributed by atoms with Crippen molar-refractivity contribution in [2.75, 3.05) is 0 Å². The Hall–Kier alpha value is -1.85. The quantitative estimate of drug-likeness (QED) is 0.852. The SMILES string of the molecule is CC(C)c1ccc2nc(C(F)(F)F)c(=O)[nH]c2c1. The van der Waals surface area contributed by atoms with E-state index in [1.165, 1.54) is 6.07 Å². The molecule has 1 aromatic heterocycles. The zero-order chi connectivity index (χ0) is 13.5. The molecule has 0 spiro atoms. The van der Waals surface area contributed by atoms with Crippen molar-refractivity contribution in [3.8, 4) is 0 Å². The van der Waals surface area contributed by atoms with Crippen LogP contribution in [0.3, 0.4) is 0 Å². The third-order valence-corrected chi connectivity index (χ3v) is 2.65. The van der Waals surface area contributed by atoms with Crippen LogP contribution >= 0.6 is 0 Å². The number of alkyl halides is 3. The zero-order valence-corrected chi connectivity index (χ0v) is 9.80. The van der Waals surface area contributed by atoms with Crippen molar-refractivity contribution in [1.82, 2.24) is 9.97 Å². The summed E-state index contributed by atoms with van der Waals surface area (Å²) in [6, 6.07) is 4.84. The molecule has 0 saturated heterocycles. The molecule has 0 aliphatic rings. The lowest BCUT2D eigenvalue weighted by molar-refractivity contribution is -0.142. The molecule has 0 fully saturated rings. The molecule has 6 heteroatoms. The molecular formula is C12H11F3N2O. The largest absolute Gasteiger partial charge is 0.438 e. The molecule has 0 aliphatic heterocycles. The van der Waals surface area contributed by atoms with Gasteiger partial charge < -0.3 is 4.98 Å². The highest BCUT2D eigenvalue weighted by Crippen LogP contribution is 2.26. The Kier molecular flexibility index (Phi) is 2.88. The Morgan fingerprint density at radius 1 is 1.28 bits per heavy atom. The topological polar surface area (TPSA) is 45.8 Å². The van der Waals surface area contributed by atoms with E-state index in [0.29, 0.717) is 5.52 Å². The van der Waals surface area contributed by atoms with Crippen LogP contribution in [0.5, 0.6) is 0 Å². The number of hydrogen-bond acceptors (Lipinski definition) is 2. The summed E-state index contributed by atoms with van der Waals surface area (Å²) in [6.07, 6.45) is -4.74. The molecule has 0 aliphatic carbocycles. The second-order valence-electron chi connectivity index (χ2n) is 4.34. The summed E-state index contributed by atoms with van der Waals surface area (Å²) < 4.78 is 37.5. The average molecular weight is 256 g/mol. The monoisotopic (exact) mass is 256 g/mol. The number of nitrogens with one attached hydrogen (secondary N) is 1. The fourth-order valence-electron chi connectivity index (χ4n) is 1.66. The van der Waals surface area contributed by atoms with Gasteiger partial charge in [-0.15, -0.1) is 0 Å². The lowest BCUT2D eigenvalue weighted by atomic mass is 10.0. The second kappa shape index (κ2) is 4.12. The highest BCUT2D eigenvalue weighted by molar-refractivity contribution is 5.75. The molecule has 0 saturated carbocycles. The zero-order valence-electron chi connectivity index (χ0n) is 9.80. The number of aromatic nitrogens is 2. The molecule has 0 bridgehead atoms. The number of H-pyrrole nitrogens is 1. The highest BCUT2D eigenvalue weighted by atomic mass is 19.4. The number of halogens is 3. The van der Waals surface area contributed by atoms with E-state index < -0.39 is 17.4 Å².